The van der Waals surface area contributed by atoms with Gasteiger partial charge in [-0.1, -0.05) is 18.2 Å². The summed E-state index contributed by atoms with van der Waals surface area (Å²) in [6, 6.07) is 16.3. The van der Waals surface area contributed by atoms with E-state index in [1.165, 1.54) is 9.18 Å². The number of carbonyl (C=O) groups excluding carboxylic acids is 1. The number of amides is 1. The van der Waals surface area contributed by atoms with Crippen LogP contribution >= 0.6 is 11.3 Å². The minimum Gasteiger partial charge on any atom is -0.467 e. The maximum absolute atomic E-state index is 13.4. The van der Waals surface area contributed by atoms with E-state index in [4.69, 9.17) is 4.42 Å². The lowest BCUT2D eigenvalue weighted by atomic mass is 9.96. The summed E-state index contributed by atoms with van der Waals surface area (Å²) in [6.45, 7) is 3.68. The van der Waals surface area contributed by atoms with Gasteiger partial charge >= 0.3 is 0 Å². The van der Waals surface area contributed by atoms with Crippen LogP contribution in [0.5, 0.6) is 0 Å². The van der Waals surface area contributed by atoms with Crippen molar-refractivity contribution in [3.05, 3.63) is 76.4 Å². The van der Waals surface area contributed by atoms with E-state index in [2.05, 4.69) is 19.1 Å². The standard InChI is InChI=1S/C23H26N2O4S2/c1-18-9-10-21(30-18)17-24(16-20-6-5-15-29-20)23(26)19-11-13-25(14-12-19)31(27,28)22-7-3-2-4-8-22/h2-10,15,19H,11-14,16-17H2,1H3. The Kier molecular flexibility index (Phi) is 6.60. The van der Waals surface area contributed by atoms with Crippen molar-refractivity contribution in [3.63, 3.8) is 0 Å². The van der Waals surface area contributed by atoms with E-state index >= 15 is 0 Å². The molecule has 6 nitrogen and oxygen atoms in total. The Balaban J connectivity index is 1.44. The highest BCUT2D eigenvalue weighted by molar-refractivity contribution is 7.89. The largest absolute Gasteiger partial charge is 0.467 e. The van der Waals surface area contributed by atoms with Crippen molar-refractivity contribution in [1.82, 2.24) is 9.21 Å². The van der Waals surface area contributed by atoms with Crippen LogP contribution in [0.1, 0.15) is 28.4 Å². The fourth-order valence-corrected chi connectivity index (χ4v) is 6.30. The Hall–Kier alpha value is -2.42. The van der Waals surface area contributed by atoms with E-state index in [0.29, 0.717) is 43.9 Å². The minimum absolute atomic E-state index is 0.0548. The van der Waals surface area contributed by atoms with Gasteiger partial charge in [0.05, 0.1) is 24.2 Å². The van der Waals surface area contributed by atoms with Crippen molar-refractivity contribution < 1.29 is 17.6 Å². The molecular weight excluding hydrogens is 432 g/mol. The van der Waals surface area contributed by atoms with Crippen LogP contribution < -0.4 is 0 Å². The fraction of sp³-hybridized carbons (Fsp3) is 0.348. The van der Waals surface area contributed by atoms with Gasteiger partial charge in [0.25, 0.3) is 0 Å². The SMILES string of the molecule is Cc1ccc(CN(Cc2ccco2)C(=O)C2CCN(S(=O)(=O)c3ccccc3)CC2)s1. The van der Waals surface area contributed by atoms with Crippen LogP contribution in [-0.4, -0.2) is 36.6 Å². The molecule has 3 aromatic rings. The van der Waals surface area contributed by atoms with E-state index in [1.54, 1.807) is 47.9 Å². The van der Waals surface area contributed by atoms with Gasteiger partial charge in [-0.3, -0.25) is 4.79 Å². The van der Waals surface area contributed by atoms with Crippen LogP contribution in [0, 0.1) is 12.8 Å². The van der Waals surface area contributed by atoms with Gasteiger partial charge in [-0.25, -0.2) is 8.42 Å². The molecule has 1 aromatic carbocycles. The molecule has 31 heavy (non-hydrogen) atoms. The topological polar surface area (TPSA) is 70.8 Å². The summed E-state index contributed by atoms with van der Waals surface area (Å²) in [5.41, 5.74) is 0. The second kappa shape index (κ2) is 9.38. The van der Waals surface area contributed by atoms with Crippen molar-refractivity contribution >= 4 is 27.3 Å². The summed E-state index contributed by atoms with van der Waals surface area (Å²) in [5, 5.41) is 0. The molecule has 1 aliphatic rings. The molecule has 164 valence electrons. The maximum Gasteiger partial charge on any atom is 0.243 e. The van der Waals surface area contributed by atoms with E-state index in [-0.39, 0.29) is 11.8 Å². The Labute approximate surface area is 187 Å². The van der Waals surface area contributed by atoms with E-state index < -0.39 is 10.0 Å². The van der Waals surface area contributed by atoms with Crippen molar-refractivity contribution in [3.8, 4) is 0 Å². The zero-order valence-electron chi connectivity index (χ0n) is 17.4. The number of furan rings is 1. The molecular formula is C23H26N2O4S2. The molecule has 1 aliphatic heterocycles. The van der Waals surface area contributed by atoms with Gasteiger partial charge < -0.3 is 9.32 Å². The van der Waals surface area contributed by atoms with Gasteiger partial charge in [0, 0.05) is 28.8 Å². The average molecular weight is 459 g/mol. The molecule has 8 heteroatoms. The first-order chi connectivity index (χ1) is 14.9. The number of thiophene rings is 1. The minimum atomic E-state index is -3.52. The lowest BCUT2D eigenvalue weighted by Gasteiger charge is -2.33. The Morgan fingerprint density at radius 2 is 1.81 bits per heavy atom. The second-order valence-electron chi connectivity index (χ2n) is 7.78. The molecule has 0 bridgehead atoms. The summed E-state index contributed by atoms with van der Waals surface area (Å²) >= 11 is 1.68. The van der Waals surface area contributed by atoms with Crippen molar-refractivity contribution in [1.29, 1.82) is 0 Å². The van der Waals surface area contributed by atoms with Gasteiger partial charge in [-0.05, 0) is 56.2 Å². The highest BCUT2D eigenvalue weighted by atomic mass is 32.2. The molecule has 2 aromatic heterocycles. The Morgan fingerprint density at radius 1 is 1.06 bits per heavy atom. The molecule has 0 radical (unpaired) electrons. The van der Waals surface area contributed by atoms with Crippen molar-refractivity contribution in [2.75, 3.05) is 13.1 Å². The summed E-state index contributed by atoms with van der Waals surface area (Å²) in [5.74, 6) is 0.600. The van der Waals surface area contributed by atoms with Crippen LogP contribution in [0.15, 0.2) is 70.2 Å². The Bertz CT molecular complexity index is 1100. The molecule has 0 aliphatic carbocycles. The zero-order chi connectivity index (χ0) is 21.8. The normalized spacial score (nSPS) is 15.8. The number of aryl methyl sites for hydroxylation is 1. The predicted octanol–water partition coefficient (Wildman–Crippen LogP) is 4.28. The first-order valence-electron chi connectivity index (χ1n) is 10.3. The number of nitrogens with zero attached hydrogens (tertiary/aromatic N) is 2. The van der Waals surface area contributed by atoms with Gasteiger partial charge in [-0.2, -0.15) is 4.31 Å². The maximum atomic E-state index is 13.4. The van der Waals surface area contributed by atoms with Gasteiger partial charge in [-0.15, -0.1) is 11.3 Å². The first kappa shape index (κ1) is 21.8. The molecule has 1 fully saturated rings. The smallest absolute Gasteiger partial charge is 0.243 e. The van der Waals surface area contributed by atoms with Gasteiger partial charge in [0.2, 0.25) is 15.9 Å². The third-order valence-electron chi connectivity index (χ3n) is 5.57. The molecule has 0 unspecified atom stereocenters. The molecule has 4 rings (SSSR count). The number of hydrogen-bond acceptors (Lipinski definition) is 5. The fourth-order valence-electron chi connectivity index (χ4n) is 3.90. The third-order valence-corrected chi connectivity index (χ3v) is 8.46. The number of hydrogen-bond donors (Lipinski definition) is 0. The number of benzene rings is 1. The van der Waals surface area contributed by atoms with Crippen LogP contribution in [0.2, 0.25) is 0 Å². The molecule has 0 spiro atoms. The number of carbonyl (C=O) groups is 1. The molecule has 1 amide bonds. The molecule has 0 atom stereocenters. The monoisotopic (exact) mass is 458 g/mol. The van der Waals surface area contributed by atoms with E-state index in [0.717, 1.165) is 10.6 Å². The summed E-state index contributed by atoms with van der Waals surface area (Å²) in [6.07, 6.45) is 2.65. The summed E-state index contributed by atoms with van der Waals surface area (Å²) < 4.78 is 32.7. The van der Waals surface area contributed by atoms with Crippen molar-refractivity contribution in [2.45, 2.75) is 37.8 Å². The third kappa shape index (κ3) is 5.08. The highest BCUT2D eigenvalue weighted by Gasteiger charge is 2.34. The second-order valence-corrected chi connectivity index (χ2v) is 11.1. The number of sulfonamides is 1. The number of piperidine rings is 1. The summed E-state index contributed by atoms with van der Waals surface area (Å²) in [4.78, 5) is 17.8. The lowest BCUT2D eigenvalue weighted by molar-refractivity contribution is -0.138. The van der Waals surface area contributed by atoms with Gasteiger partial charge in [0.1, 0.15) is 5.76 Å². The highest BCUT2D eigenvalue weighted by Crippen LogP contribution is 2.27. The van der Waals surface area contributed by atoms with Crippen LogP contribution in [0.4, 0.5) is 0 Å². The Morgan fingerprint density at radius 3 is 2.42 bits per heavy atom. The molecule has 3 heterocycles. The number of rotatable bonds is 7. The lowest BCUT2D eigenvalue weighted by Crippen LogP contribution is -2.44. The molecule has 0 saturated carbocycles. The molecule has 1 saturated heterocycles. The average Bonchev–Trinajstić information content (AvgIpc) is 3.45. The van der Waals surface area contributed by atoms with Crippen LogP contribution in [-0.2, 0) is 27.9 Å². The van der Waals surface area contributed by atoms with Crippen LogP contribution in [0.25, 0.3) is 0 Å². The quantitative estimate of drug-likeness (QED) is 0.530. The van der Waals surface area contributed by atoms with Crippen LogP contribution in [0.3, 0.4) is 0 Å². The van der Waals surface area contributed by atoms with Crippen molar-refractivity contribution in [2.24, 2.45) is 5.92 Å². The first-order valence-corrected chi connectivity index (χ1v) is 12.6. The predicted molar refractivity (Wildman–Crippen MR) is 120 cm³/mol. The zero-order valence-corrected chi connectivity index (χ0v) is 19.1. The van der Waals surface area contributed by atoms with E-state index in [9.17, 15) is 13.2 Å². The van der Waals surface area contributed by atoms with Gasteiger partial charge in [0.15, 0.2) is 0 Å². The van der Waals surface area contributed by atoms with E-state index in [1.807, 2.05) is 17.0 Å². The molecule has 0 N–H and O–H groups in total. The summed E-state index contributed by atoms with van der Waals surface area (Å²) in [7, 11) is -3.52.